The van der Waals surface area contributed by atoms with Crippen molar-refractivity contribution < 1.29 is 18.4 Å². The first-order valence-corrected chi connectivity index (χ1v) is 10.2. The van der Waals surface area contributed by atoms with E-state index in [-0.39, 0.29) is 42.9 Å². The molecule has 2 N–H and O–H groups in total. The van der Waals surface area contributed by atoms with Crippen molar-refractivity contribution in [1.29, 1.82) is 0 Å². The molecule has 8 heteroatoms. The van der Waals surface area contributed by atoms with Gasteiger partial charge in [-0.05, 0) is 23.6 Å². The zero-order chi connectivity index (χ0) is 22.4. The number of imidazole rings is 1. The smallest absolute Gasteiger partial charge is 0.320 e. The van der Waals surface area contributed by atoms with Gasteiger partial charge in [0.15, 0.2) is 0 Å². The van der Waals surface area contributed by atoms with Crippen molar-refractivity contribution in [2.75, 3.05) is 6.54 Å². The summed E-state index contributed by atoms with van der Waals surface area (Å²) in [5.74, 6) is -0.535. The minimum Gasteiger partial charge on any atom is -0.354 e. The molecule has 0 aliphatic carbocycles. The second-order valence-electron chi connectivity index (χ2n) is 7.66. The highest BCUT2D eigenvalue weighted by Gasteiger charge is 2.24. The lowest BCUT2D eigenvalue weighted by molar-refractivity contribution is -0.129. The lowest BCUT2D eigenvalue weighted by Crippen LogP contribution is -2.50. The van der Waals surface area contributed by atoms with Gasteiger partial charge in [-0.2, -0.15) is 8.78 Å². The number of carbonyl (C=O) groups excluding carboxylic acids is 2. The monoisotopic (exact) mass is 428 g/mol. The van der Waals surface area contributed by atoms with E-state index < -0.39 is 12.6 Å². The number of benzene rings is 2. The molecule has 0 aliphatic rings. The summed E-state index contributed by atoms with van der Waals surface area (Å²) in [6.45, 7) is 1.08. The fourth-order valence-electron chi connectivity index (χ4n) is 3.44. The third-order valence-corrected chi connectivity index (χ3v) is 4.99. The maximum Gasteiger partial charge on any atom is 0.320 e. The number of rotatable bonds is 9. The Morgan fingerprint density at radius 1 is 1.03 bits per heavy atom. The van der Waals surface area contributed by atoms with Crippen molar-refractivity contribution in [2.24, 2.45) is 5.92 Å². The quantitative estimate of drug-likeness (QED) is 0.548. The first-order chi connectivity index (χ1) is 14.9. The summed E-state index contributed by atoms with van der Waals surface area (Å²) in [6.07, 6.45) is 0.323. The van der Waals surface area contributed by atoms with Crippen molar-refractivity contribution in [3.63, 3.8) is 0 Å². The minimum absolute atomic E-state index is 0.132. The second kappa shape index (κ2) is 10.1. The molecule has 31 heavy (non-hydrogen) atoms. The van der Waals surface area contributed by atoms with Crippen molar-refractivity contribution >= 4 is 22.8 Å². The minimum atomic E-state index is -2.72. The summed E-state index contributed by atoms with van der Waals surface area (Å²) in [6, 6.07) is 15.2. The molecule has 3 rings (SSSR count). The number of aromatic nitrogens is 2. The van der Waals surface area contributed by atoms with Gasteiger partial charge >= 0.3 is 6.55 Å². The molecule has 6 nitrogen and oxygen atoms in total. The third kappa shape index (κ3) is 5.65. The van der Waals surface area contributed by atoms with Gasteiger partial charge in [-0.1, -0.05) is 56.3 Å². The first-order valence-electron chi connectivity index (χ1n) is 10.2. The van der Waals surface area contributed by atoms with Crippen LogP contribution >= 0.6 is 0 Å². The third-order valence-electron chi connectivity index (χ3n) is 4.99. The first kappa shape index (κ1) is 22.4. The van der Waals surface area contributed by atoms with Crippen LogP contribution in [0.25, 0.3) is 11.0 Å². The van der Waals surface area contributed by atoms with Crippen LogP contribution in [0, 0.1) is 5.92 Å². The fourth-order valence-corrected chi connectivity index (χ4v) is 3.44. The zero-order valence-corrected chi connectivity index (χ0v) is 17.5. The SMILES string of the molecule is CC(C)C(NC(=O)Cc1ccccc1)C(=O)NCCc1nc2ccccc2n1C(F)F. The fraction of sp³-hybridized carbons (Fsp3) is 0.348. The average molecular weight is 428 g/mol. The van der Waals surface area contributed by atoms with Gasteiger partial charge in [0.1, 0.15) is 11.9 Å². The number of amides is 2. The largest absolute Gasteiger partial charge is 0.354 e. The van der Waals surface area contributed by atoms with E-state index in [0.29, 0.717) is 11.0 Å². The van der Waals surface area contributed by atoms with E-state index in [1.54, 1.807) is 24.3 Å². The van der Waals surface area contributed by atoms with Crippen LogP contribution in [0.2, 0.25) is 0 Å². The molecule has 2 amide bonds. The molecular weight excluding hydrogens is 402 g/mol. The zero-order valence-electron chi connectivity index (χ0n) is 17.5. The Balaban J connectivity index is 1.60. The number of para-hydroxylation sites is 2. The highest BCUT2D eigenvalue weighted by Crippen LogP contribution is 2.23. The van der Waals surface area contributed by atoms with Gasteiger partial charge in [-0.3, -0.25) is 14.2 Å². The molecular formula is C23H26F2N4O2. The van der Waals surface area contributed by atoms with Crippen molar-refractivity contribution in [1.82, 2.24) is 20.2 Å². The number of nitrogens with one attached hydrogen (secondary N) is 2. The number of nitrogens with zero attached hydrogens (tertiary/aromatic N) is 2. The van der Waals surface area contributed by atoms with E-state index in [9.17, 15) is 18.4 Å². The summed E-state index contributed by atoms with van der Waals surface area (Å²) in [7, 11) is 0. The average Bonchev–Trinajstić information content (AvgIpc) is 3.11. The van der Waals surface area contributed by atoms with Crippen LogP contribution in [0.3, 0.4) is 0 Å². The molecule has 0 saturated heterocycles. The van der Waals surface area contributed by atoms with E-state index in [1.165, 1.54) is 0 Å². The Bertz CT molecular complexity index is 1030. The van der Waals surface area contributed by atoms with E-state index in [4.69, 9.17) is 0 Å². The van der Waals surface area contributed by atoms with E-state index in [2.05, 4.69) is 15.6 Å². The Morgan fingerprint density at radius 3 is 2.39 bits per heavy atom. The van der Waals surface area contributed by atoms with Gasteiger partial charge in [0.2, 0.25) is 11.8 Å². The summed E-state index contributed by atoms with van der Waals surface area (Å²) in [5, 5.41) is 5.51. The number of fused-ring (bicyclic) bond motifs is 1. The van der Waals surface area contributed by atoms with Crippen LogP contribution in [0.5, 0.6) is 0 Å². The van der Waals surface area contributed by atoms with E-state index >= 15 is 0 Å². The predicted molar refractivity (Wildman–Crippen MR) is 115 cm³/mol. The van der Waals surface area contributed by atoms with Crippen molar-refractivity contribution in [3.8, 4) is 0 Å². The molecule has 0 saturated carbocycles. The standard InChI is InChI=1S/C23H26F2N4O2/c1-15(2)21(28-20(30)14-16-8-4-3-5-9-16)22(31)26-13-12-19-27-17-10-6-7-11-18(17)29(19)23(24)25/h3-11,15,21,23H,12-14H2,1-2H3,(H,26,31)(H,28,30). The normalized spacial score (nSPS) is 12.3. The molecule has 0 spiro atoms. The molecule has 164 valence electrons. The Labute approximate surface area is 179 Å². The molecule has 1 atom stereocenters. The van der Waals surface area contributed by atoms with E-state index in [0.717, 1.165) is 10.1 Å². The molecule has 1 aromatic heterocycles. The van der Waals surface area contributed by atoms with Crippen molar-refractivity contribution in [2.45, 2.75) is 39.3 Å². The van der Waals surface area contributed by atoms with Gasteiger partial charge in [0, 0.05) is 13.0 Å². The predicted octanol–water partition coefficient (Wildman–Crippen LogP) is 3.47. The molecule has 0 fully saturated rings. The number of halogens is 2. The van der Waals surface area contributed by atoms with E-state index in [1.807, 2.05) is 44.2 Å². The molecule has 3 aromatic rings. The van der Waals surface area contributed by atoms with Gasteiger partial charge in [-0.15, -0.1) is 0 Å². The van der Waals surface area contributed by atoms with Gasteiger partial charge in [-0.25, -0.2) is 4.98 Å². The highest BCUT2D eigenvalue weighted by atomic mass is 19.3. The van der Waals surface area contributed by atoms with Crippen LogP contribution in [0.15, 0.2) is 54.6 Å². The molecule has 0 radical (unpaired) electrons. The Hall–Kier alpha value is -3.29. The van der Waals surface area contributed by atoms with Crippen LogP contribution in [-0.2, 0) is 22.4 Å². The van der Waals surface area contributed by atoms with Crippen LogP contribution in [0.1, 0.15) is 31.8 Å². The second-order valence-corrected chi connectivity index (χ2v) is 7.66. The molecule has 2 aromatic carbocycles. The maximum atomic E-state index is 13.5. The molecule has 1 unspecified atom stereocenters. The van der Waals surface area contributed by atoms with Gasteiger partial charge in [0.05, 0.1) is 17.5 Å². The van der Waals surface area contributed by atoms with Gasteiger partial charge in [0.25, 0.3) is 0 Å². The van der Waals surface area contributed by atoms with Crippen LogP contribution in [-0.4, -0.2) is 34.0 Å². The van der Waals surface area contributed by atoms with Gasteiger partial charge < -0.3 is 10.6 Å². The number of alkyl halides is 2. The highest BCUT2D eigenvalue weighted by molar-refractivity contribution is 5.88. The number of hydrogen-bond acceptors (Lipinski definition) is 3. The maximum absolute atomic E-state index is 13.5. The molecule has 1 heterocycles. The van der Waals surface area contributed by atoms with Crippen LogP contribution < -0.4 is 10.6 Å². The summed E-state index contributed by atoms with van der Waals surface area (Å²) >= 11 is 0. The summed E-state index contributed by atoms with van der Waals surface area (Å²) in [5.41, 5.74) is 1.69. The van der Waals surface area contributed by atoms with Crippen LogP contribution in [0.4, 0.5) is 8.78 Å². The lowest BCUT2D eigenvalue weighted by atomic mass is 10.0. The van der Waals surface area contributed by atoms with Crippen molar-refractivity contribution in [3.05, 3.63) is 66.0 Å². The summed E-state index contributed by atoms with van der Waals surface area (Å²) in [4.78, 5) is 29.3. The number of carbonyl (C=O) groups is 2. The Kier molecular flexibility index (Phi) is 7.33. The summed E-state index contributed by atoms with van der Waals surface area (Å²) < 4.78 is 27.9. The molecule has 0 bridgehead atoms. The Morgan fingerprint density at radius 2 is 1.71 bits per heavy atom. The lowest BCUT2D eigenvalue weighted by Gasteiger charge is -2.22. The topological polar surface area (TPSA) is 76.0 Å². The molecule has 0 aliphatic heterocycles. The number of hydrogen-bond donors (Lipinski definition) is 2.